The maximum absolute atomic E-state index is 12.3. The van der Waals surface area contributed by atoms with E-state index in [4.69, 9.17) is 4.74 Å². The molecule has 3 N–H and O–H groups in total. The van der Waals surface area contributed by atoms with Gasteiger partial charge in [-0.15, -0.1) is 0 Å². The topological polar surface area (TPSA) is 108 Å². The number of aryl methyl sites for hydroxylation is 1. The quantitative estimate of drug-likeness (QED) is 0.511. The summed E-state index contributed by atoms with van der Waals surface area (Å²) in [5.41, 5.74) is 3.15. The van der Waals surface area contributed by atoms with Gasteiger partial charge < -0.3 is 20.1 Å². The number of aliphatic hydroxyl groups excluding tert-OH is 1. The number of ketones is 1. The lowest BCUT2D eigenvalue weighted by atomic mass is 10.1. The monoisotopic (exact) mass is 372 g/mol. The molecular formula is C20H24N2O5. The molecule has 0 bridgehead atoms. The molecule has 1 aromatic heterocycles. The van der Waals surface area contributed by atoms with Crippen molar-refractivity contribution >= 4 is 23.3 Å². The third-order valence-corrected chi connectivity index (χ3v) is 4.26. The number of aromatic amines is 1. The molecule has 7 nitrogen and oxygen atoms in total. The van der Waals surface area contributed by atoms with Crippen LogP contribution in [-0.2, 0) is 9.53 Å². The van der Waals surface area contributed by atoms with Gasteiger partial charge in [0, 0.05) is 28.9 Å². The van der Waals surface area contributed by atoms with Crippen LogP contribution < -0.4 is 5.32 Å². The van der Waals surface area contributed by atoms with E-state index in [2.05, 4.69) is 10.3 Å². The lowest BCUT2D eigenvalue weighted by Crippen LogP contribution is -2.15. The van der Waals surface area contributed by atoms with E-state index in [1.165, 1.54) is 0 Å². The highest BCUT2D eigenvalue weighted by Gasteiger charge is 2.21. The number of hydrogen-bond acceptors (Lipinski definition) is 5. The zero-order valence-electron chi connectivity index (χ0n) is 15.9. The highest BCUT2D eigenvalue weighted by Crippen LogP contribution is 2.24. The predicted octanol–water partition coefficient (Wildman–Crippen LogP) is 3.07. The Morgan fingerprint density at radius 1 is 1.19 bits per heavy atom. The van der Waals surface area contributed by atoms with Gasteiger partial charge in [0.15, 0.2) is 12.4 Å². The van der Waals surface area contributed by atoms with Crippen LogP contribution in [0.1, 0.15) is 64.0 Å². The minimum Gasteiger partial charge on any atom is -0.453 e. The molecule has 0 aliphatic heterocycles. The minimum absolute atomic E-state index is 0.115. The first-order valence-corrected chi connectivity index (χ1v) is 8.71. The average molecular weight is 372 g/mol. The summed E-state index contributed by atoms with van der Waals surface area (Å²) in [6, 6.07) is 6.38. The van der Waals surface area contributed by atoms with Crippen LogP contribution in [0.4, 0.5) is 5.69 Å². The third-order valence-electron chi connectivity index (χ3n) is 4.26. The molecule has 0 fully saturated rings. The van der Waals surface area contributed by atoms with E-state index in [-0.39, 0.29) is 17.4 Å². The third kappa shape index (κ3) is 4.83. The van der Waals surface area contributed by atoms with Gasteiger partial charge in [0.25, 0.3) is 0 Å². The number of ether oxygens (including phenoxy) is 1. The molecule has 7 heteroatoms. The Hall–Kier alpha value is -2.93. The van der Waals surface area contributed by atoms with Crippen LogP contribution in [-0.4, -0.2) is 34.4 Å². The zero-order chi connectivity index (χ0) is 20.1. The summed E-state index contributed by atoms with van der Waals surface area (Å²) in [7, 11) is 0. The van der Waals surface area contributed by atoms with Gasteiger partial charge in [0.1, 0.15) is 5.69 Å². The molecule has 2 aromatic rings. The second kappa shape index (κ2) is 8.64. The number of benzene rings is 1. The molecule has 0 radical (unpaired) electrons. The van der Waals surface area contributed by atoms with E-state index in [1.54, 1.807) is 52.0 Å². The van der Waals surface area contributed by atoms with Gasteiger partial charge in [-0.25, -0.2) is 4.79 Å². The fraction of sp³-hybridized carbons (Fsp3) is 0.350. The number of amides is 1. The van der Waals surface area contributed by atoms with Crippen molar-refractivity contribution in [2.75, 3.05) is 11.9 Å². The van der Waals surface area contributed by atoms with Crippen LogP contribution in [0.3, 0.4) is 0 Å². The number of hydrogen-bond donors (Lipinski definition) is 3. The first kappa shape index (κ1) is 20.4. The van der Waals surface area contributed by atoms with Gasteiger partial charge in [0.05, 0.1) is 6.10 Å². The molecule has 0 aliphatic carbocycles. The summed E-state index contributed by atoms with van der Waals surface area (Å²) in [6.45, 7) is 6.44. The van der Waals surface area contributed by atoms with Crippen molar-refractivity contribution in [3.63, 3.8) is 0 Å². The largest absolute Gasteiger partial charge is 0.453 e. The molecule has 0 aliphatic rings. The summed E-state index contributed by atoms with van der Waals surface area (Å²) in [4.78, 5) is 38.7. The Morgan fingerprint density at radius 3 is 2.33 bits per heavy atom. The number of esters is 1. The molecule has 0 unspecified atom stereocenters. The minimum atomic E-state index is -0.712. The van der Waals surface area contributed by atoms with Crippen LogP contribution in [0.15, 0.2) is 24.3 Å². The maximum Gasteiger partial charge on any atom is 0.355 e. The molecule has 2 rings (SSSR count). The van der Waals surface area contributed by atoms with Crippen LogP contribution in [0, 0.1) is 13.8 Å². The number of aliphatic hydroxyl groups is 1. The molecule has 27 heavy (non-hydrogen) atoms. The number of rotatable bonds is 7. The Labute approximate surface area is 157 Å². The Balaban J connectivity index is 2.00. The molecule has 1 atom stereocenters. The van der Waals surface area contributed by atoms with Gasteiger partial charge in [-0.05, 0) is 50.6 Å². The van der Waals surface area contributed by atoms with E-state index in [0.717, 1.165) is 0 Å². The number of aromatic nitrogens is 1. The number of carbonyl (C=O) groups excluding carboxylic acids is 3. The standard InChI is InChI=1S/C20H24N2O5/c1-5-17(25)22-15-8-6-14(7-9-15)16(24)10-27-20(26)19-11(2)18(13(4)23)12(3)21-19/h6-9,13,21,23H,5,10H2,1-4H3,(H,22,25)/t13-/m0/s1. The summed E-state index contributed by atoms with van der Waals surface area (Å²) in [6.07, 6.45) is -0.346. The van der Waals surface area contributed by atoms with Gasteiger partial charge in [-0.2, -0.15) is 0 Å². The van der Waals surface area contributed by atoms with E-state index in [0.29, 0.717) is 34.5 Å². The van der Waals surface area contributed by atoms with Gasteiger partial charge in [0.2, 0.25) is 5.91 Å². The molecule has 0 saturated heterocycles. The Morgan fingerprint density at radius 2 is 1.81 bits per heavy atom. The van der Waals surface area contributed by atoms with Crippen molar-refractivity contribution in [2.24, 2.45) is 0 Å². The van der Waals surface area contributed by atoms with Crippen molar-refractivity contribution in [1.29, 1.82) is 0 Å². The Bertz CT molecular complexity index is 850. The molecule has 1 amide bonds. The fourth-order valence-corrected chi connectivity index (χ4v) is 2.87. The van der Waals surface area contributed by atoms with Crippen molar-refractivity contribution in [3.8, 4) is 0 Å². The van der Waals surface area contributed by atoms with Gasteiger partial charge in [-0.1, -0.05) is 6.92 Å². The highest BCUT2D eigenvalue weighted by molar-refractivity contribution is 6.00. The molecule has 144 valence electrons. The number of H-pyrrole nitrogens is 1. The van der Waals surface area contributed by atoms with Crippen LogP contribution in [0.2, 0.25) is 0 Å². The molecular weight excluding hydrogens is 348 g/mol. The molecule has 0 spiro atoms. The van der Waals surface area contributed by atoms with Crippen molar-refractivity contribution in [2.45, 2.75) is 40.2 Å². The second-order valence-electron chi connectivity index (χ2n) is 6.32. The van der Waals surface area contributed by atoms with Gasteiger partial charge in [-0.3, -0.25) is 9.59 Å². The summed E-state index contributed by atoms with van der Waals surface area (Å²) < 4.78 is 5.11. The second-order valence-corrected chi connectivity index (χ2v) is 6.32. The number of Topliss-reactive ketones (excluding diaryl/α,β-unsaturated/α-hetero) is 1. The lowest BCUT2D eigenvalue weighted by Gasteiger charge is -2.07. The number of anilines is 1. The number of nitrogens with one attached hydrogen (secondary N) is 2. The van der Waals surface area contributed by atoms with E-state index >= 15 is 0 Å². The molecule has 1 heterocycles. The predicted molar refractivity (Wildman–Crippen MR) is 101 cm³/mol. The van der Waals surface area contributed by atoms with Crippen LogP contribution in [0.5, 0.6) is 0 Å². The fourth-order valence-electron chi connectivity index (χ4n) is 2.87. The lowest BCUT2D eigenvalue weighted by molar-refractivity contribution is -0.115. The van der Waals surface area contributed by atoms with E-state index < -0.39 is 18.7 Å². The van der Waals surface area contributed by atoms with E-state index in [9.17, 15) is 19.5 Å². The SMILES string of the molecule is CCC(=O)Nc1ccc(C(=O)COC(=O)c2[nH]c(C)c([C@H](C)O)c2C)cc1. The summed E-state index contributed by atoms with van der Waals surface area (Å²) >= 11 is 0. The van der Waals surface area contributed by atoms with Gasteiger partial charge >= 0.3 is 5.97 Å². The maximum atomic E-state index is 12.3. The van der Waals surface area contributed by atoms with Crippen molar-refractivity contribution < 1.29 is 24.2 Å². The van der Waals surface area contributed by atoms with Crippen molar-refractivity contribution in [1.82, 2.24) is 4.98 Å². The van der Waals surface area contributed by atoms with Crippen LogP contribution in [0.25, 0.3) is 0 Å². The summed E-state index contributed by atoms with van der Waals surface area (Å²) in [5.74, 6) is -1.12. The highest BCUT2D eigenvalue weighted by atomic mass is 16.5. The normalized spacial score (nSPS) is 11.7. The zero-order valence-corrected chi connectivity index (χ0v) is 15.9. The molecule has 1 aromatic carbocycles. The summed E-state index contributed by atoms with van der Waals surface area (Å²) in [5, 5.41) is 12.5. The van der Waals surface area contributed by atoms with Crippen LogP contribution >= 0.6 is 0 Å². The average Bonchev–Trinajstić information content (AvgIpc) is 2.94. The Kier molecular flexibility index (Phi) is 6.52. The number of carbonyl (C=O) groups is 3. The smallest absolute Gasteiger partial charge is 0.355 e. The molecule has 0 saturated carbocycles. The van der Waals surface area contributed by atoms with E-state index in [1.807, 2.05) is 0 Å². The first-order valence-electron chi connectivity index (χ1n) is 8.71. The first-order chi connectivity index (χ1) is 12.7. The van der Waals surface area contributed by atoms with Crippen molar-refractivity contribution in [3.05, 3.63) is 52.3 Å².